The van der Waals surface area contributed by atoms with Crippen LogP contribution in [0.5, 0.6) is 5.88 Å². The molecule has 206 valence electrons. The van der Waals surface area contributed by atoms with E-state index in [4.69, 9.17) is 21.1 Å². The van der Waals surface area contributed by atoms with Crippen molar-refractivity contribution in [2.24, 2.45) is 0 Å². The van der Waals surface area contributed by atoms with Crippen LogP contribution in [0.3, 0.4) is 0 Å². The first-order chi connectivity index (χ1) is 18.6. The molecule has 1 aromatic carbocycles. The number of nitrogens with zero attached hydrogens (tertiary/aromatic N) is 5. The van der Waals surface area contributed by atoms with Gasteiger partial charge in [0.1, 0.15) is 16.5 Å². The molecule has 13 heteroatoms. The third-order valence-electron chi connectivity index (χ3n) is 6.85. The average molecular weight is 590 g/mol. The third-order valence-corrected chi connectivity index (χ3v) is 10.2. The predicted molar refractivity (Wildman–Crippen MR) is 148 cm³/mol. The number of carbonyl (C=O) groups excluding carboxylic acids is 1. The highest BCUT2D eigenvalue weighted by Gasteiger charge is 2.35. The van der Waals surface area contributed by atoms with Crippen molar-refractivity contribution >= 4 is 50.0 Å². The van der Waals surface area contributed by atoms with Crippen LogP contribution in [0.15, 0.2) is 41.4 Å². The highest BCUT2D eigenvalue weighted by atomic mass is 35.5. The van der Waals surface area contributed by atoms with Crippen LogP contribution in [0, 0.1) is 6.92 Å². The van der Waals surface area contributed by atoms with Crippen LogP contribution in [0.2, 0.25) is 4.34 Å². The first kappa shape index (κ1) is 27.5. The van der Waals surface area contributed by atoms with Crippen LogP contribution in [0.25, 0.3) is 11.0 Å². The summed E-state index contributed by atoms with van der Waals surface area (Å²) in [6.45, 7) is 6.63. The van der Waals surface area contributed by atoms with Crippen molar-refractivity contribution in [2.75, 3.05) is 13.7 Å². The number of halogens is 1. The first-order valence-electron chi connectivity index (χ1n) is 12.4. The SMILES string of the molecule is CCn1nnc2c(C)c([C@@H](CC(=O)OC)c3cc(CN4C[C@@H](C)Oc5ncccc5S4(=O)=O)c(Cl)s3)ccc21. The van der Waals surface area contributed by atoms with Gasteiger partial charge in [0.25, 0.3) is 0 Å². The van der Waals surface area contributed by atoms with Crippen molar-refractivity contribution in [2.45, 2.75) is 57.2 Å². The Bertz CT molecular complexity index is 1650. The molecular weight excluding hydrogens is 562 g/mol. The number of ether oxygens (including phenoxy) is 2. The molecule has 0 saturated carbocycles. The number of hydrogen-bond acceptors (Lipinski definition) is 9. The summed E-state index contributed by atoms with van der Waals surface area (Å²) in [5, 5.41) is 8.59. The van der Waals surface area contributed by atoms with Crippen molar-refractivity contribution in [3.8, 4) is 5.88 Å². The molecule has 0 radical (unpaired) electrons. The number of carbonyl (C=O) groups is 1. The highest BCUT2D eigenvalue weighted by molar-refractivity contribution is 7.89. The number of methoxy groups -OCH3 is 1. The number of fused-ring (bicyclic) bond motifs is 2. The molecule has 4 heterocycles. The van der Waals surface area contributed by atoms with Gasteiger partial charge in [-0.1, -0.05) is 22.9 Å². The van der Waals surface area contributed by atoms with Crippen molar-refractivity contribution < 1.29 is 22.7 Å². The molecule has 0 amide bonds. The van der Waals surface area contributed by atoms with E-state index >= 15 is 0 Å². The number of thiophene rings is 1. The van der Waals surface area contributed by atoms with Crippen molar-refractivity contribution in [1.82, 2.24) is 24.3 Å². The molecule has 0 bridgehead atoms. The second-order valence-electron chi connectivity index (χ2n) is 9.37. The molecular formula is C26H28ClN5O5S2. The fourth-order valence-corrected chi connectivity index (χ4v) is 7.83. The lowest BCUT2D eigenvalue weighted by Crippen LogP contribution is -2.35. The van der Waals surface area contributed by atoms with Gasteiger partial charge in [0, 0.05) is 30.1 Å². The number of sulfonamides is 1. The maximum absolute atomic E-state index is 13.5. The first-order valence-corrected chi connectivity index (χ1v) is 15.1. The Labute approximate surface area is 235 Å². The number of benzene rings is 1. The lowest BCUT2D eigenvalue weighted by atomic mass is 9.89. The van der Waals surface area contributed by atoms with Crippen molar-refractivity contribution in [3.05, 3.63) is 62.4 Å². The fraction of sp³-hybridized carbons (Fsp3) is 0.385. The molecule has 0 saturated heterocycles. The molecule has 2 atom stereocenters. The van der Waals surface area contributed by atoms with E-state index in [9.17, 15) is 13.2 Å². The highest BCUT2D eigenvalue weighted by Crippen LogP contribution is 2.41. The van der Waals surface area contributed by atoms with E-state index in [1.807, 2.05) is 36.7 Å². The summed E-state index contributed by atoms with van der Waals surface area (Å²) in [4.78, 5) is 17.4. The van der Waals surface area contributed by atoms with Crippen molar-refractivity contribution in [1.29, 1.82) is 0 Å². The molecule has 10 nitrogen and oxygen atoms in total. The van der Waals surface area contributed by atoms with Gasteiger partial charge in [0.15, 0.2) is 0 Å². The van der Waals surface area contributed by atoms with Gasteiger partial charge < -0.3 is 9.47 Å². The van der Waals surface area contributed by atoms with Gasteiger partial charge in [-0.3, -0.25) is 4.79 Å². The lowest BCUT2D eigenvalue weighted by molar-refractivity contribution is -0.140. The molecule has 4 aromatic rings. The summed E-state index contributed by atoms with van der Waals surface area (Å²) in [5.74, 6) is -0.639. The quantitative estimate of drug-likeness (QED) is 0.289. The molecule has 1 aliphatic heterocycles. The normalized spacial score (nSPS) is 17.8. The van der Waals surface area contributed by atoms with Crippen LogP contribution < -0.4 is 4.74 Å². The molecule has 39 heavy (non-hydrogen) atoms. The Morgan fingerprint density at radius 3 is 2.87 bits per heavy atom. The van der Waals surface area contributed by atoms with Gasteiger partial charge in [-0.2, -0.15) is 4.31 Å². The molecule has 3 aromatic heterocycles. The Morgan fingerprint density at radius 1 is 1.33 bits per heavy atom. The number of pyridine rings is 1. The van der Waals surface area contributed by atoms with Gasteiger partial charge >= 0.3 is 5.97 Å². The predicted octanol–water partition coefficient (Wildman–Crippen LogP) is 4.54. The minimum absolute atomic E-state index is 0.0218. The standard InChI is InChI=1S/C26H28ClN5O5S2/c1-5-32-20-9-8-18(16(3)24(20)29-30-32)19(12-23(33)36-4)21-11-17(25(27)38-21)14-31-13-15(2)37-26-22(39(31,34)35)7-6-10-28-26/h6-11,15,19H,5,12-14H2,1-4H3/t15-,19-/m1/s1. The smallest absolute Gasteiger partial charge is 0.306 e. The lowest BCUT2D eigenvalue weighted by Gasteiger charge is -2.21. The minimum atomic E-state index is -3.88. The molecule has 0 unspecified atom stereocenters. The summed E-state index contributed by atoms with van der Waals surface area (Å²) in [6.07, 6.45) is 1.18. The number of aryl methyl sites for hydroxylation is 2. The zero-order valence-electron chi connectivity index (χ0n) is 21.9. The van der Waals surface area contributed by atoms with E-state index in [-0.39, 0.29) is 42.2 Å². The second-order valence-corrected chi connectivity index (χ2v) is 13.0. The van der Waals surface area contributed by atoms with E-state index in [0.717, 1.165) is 27.0 Å². The van der Waals surface area contributed by atoms with E-state index in [0.29, 0.717) is 16.4 Å². The zero-order chi connectivity index (χ0) is 27.9. The second kappa shape index (κ2) is 10.8. The Hall–Kier alpha value is -3.06. The van der Waals surface area contributed by atoms with Gasteiger partial charge in [-0.15, -0.1) is 16.4 Å². The Balaban J connectivity index is 1.53. The van der Waals surface area contributed by atoms with Gasteiger partial charge in [-0.05, 0) is 61.7 Å². The van der Waals surface area contributed by atoms with E-state index in [1.54, 1.807) is 13.0 Å². The summed E-state index contributed by atoms with van der Waals surface area (Å²) >= 11 is 8.03. The third kappa shape index (κ3) is 5.13. The Kier molecular flexibility index (Phi) is 7.64. The van der Waals surface area contributed by atoms with Crippen LogP contribution >= 0.6 is 22.9 Å². The van der Waals surface area contributed by atoms with Crippen molar-refractivity contribution in [3.63, 3.8) is 0 Å². The number of aromatic nitrogens is 4. The van der Waals surface area contributed by atoms with Crippen LogP contribution in [-0.4, -0.2) is 58.4 Å². The van der Waals surface area contributed by atoms with Crippen LogP contribution in [-0.2, 0) is 32.6 Å². The topological polar surface area (TPSA) is 117 Å². The average Bonchev–Trinajstić information content (AvgIpc) is 3.48. The van der Waals surface area contributed by atoms with Gasteiger partial charge in [-0.25, -0.2) is 18.1 Å². The maximum Gasteiger partial charge on any atom is 0.306 e. The zero-order valence-corrected chi connectivity index (χ0v) is 24.3. The minimum Gasteiger partial charge on any atom is -0.472 e. The molecule has 1 aliphatic rings. The van der Waals surface area contributed by atoms with Crippen LogP contribution in [0.1, 0.15) is 47.8 Å². The summed E-state index contributed by atoms with van der Waals surface area (Å²) in [7, 11) is -2.53. The number of hydrogen-bond donors (Lipinski definition) is 0. The molecule has 0 spiro atoms. The van der Waals surface area contributed by atoms with Crippen LogP contribution in [0.4, 0.5) is 0 Å². The summed E-state index contributed by atoms with van der Waals surface area (Å²) < 4.78 is 41.5. The monoisotopic (exact) mass is 589 g/mol. The summed E-state index contributed by atoms with van der Waals surface area (Å²) in [6, 6.07) is 8.88. The maximum atomic E-state index is 13.5. The molecule has 0 fully saturated rings. The number of rotatable bonds is 7. The van der Waals surface area contributed by atoms with E-state index in [1.165, 1.54) is 35.0 Å². The van der Waals surface area contributed by atoms with E-state index in [2.05, 4.69) is 15.3 Å². The van der Waals surface area contributed by atoms with Gasteiger partial charge in [0.2, 0.25) is 15.9 Å². The summed E-state index contributed by atoms with van der Waals surface area (Å²) in [5.41, 5.74) is 4.15. The fourth-order valence-electron chi connectivity index (χ4n) is 4.87. The van der Waals surface area contributed by atoms with Gasteiger partial charge in [0.05, 0.1) is 29.9 Å². The molecule has 0 N–H and O–H groups in total. The van der Waals surface area contributed by atoms with E-state index < -0.39 is 16.1 Å². The number of esters is 1. The Morgan fingerprint density at radius 2 is 2.13 bits per heavy atom. The largest absolute Gasteiger partial charge is 0.472 e. The molecule has 0 aliphatic carbocycles. The molecule has 5 rings (SSSR count).